The van der Waals surface area contributed by atoms with Gasteiger partial charge in [-0.2, -0.15) is 0 Å². The molecule has 95 valence electrons. The van der Waals surface area contributed by atoms with E-state index in [4.69, 9.17) is 4.42 Å². The maximum absolute atomic E-state index is 10.9. The Morgan fingerprint density at radius 2 is 2.06 bits per heavy atom. The van der Waals surface area contributed by atoms with Crippen LogP contribution in [0.3, 0.4) is 0 Å². The Morgan fingerprint density at radius 1 is 1.39 bits per heavy atom. The first kappa shape index (κ1) is 14.6. The second kappa shape index (κ2) is 5.94. The number of aromatic nitrogens is 1. The van der Waals surface area contributed by atoms with Gasteiger partial charge in [0, 0.05) is 11.5 Å². The molecule has 0 fully saturated rings. The number of nitrogens with zero attached hydrogens (tertiary/aromatic N) is 1. The Morgan fingerprint density at radius 3 is 2.61 bits per heavy atom. The van der Waals surface area contributed by atoms with Crippen LogP contribution >= 0.6 is 0 Å². The van der Waals surface area contributed by atoms with E-state index in [1.54, 1.807) is 24.3 Å². The molecule has 1 heterocycles. The Hall–Kier alpha value is -1.44. The van der Waals surface area contributed by atoms with Gasteiger partial charge in [0.25, 0.3) is 0 Å². The normalized spacial score (nSPS) is 11.8. The largest absolute Gasteiger partial charge is 2.00 e. The van der Waals surface area contributed by atoms with Crippen LogP contribution in [0.1, 0.15) is 18.2 Å². The van der Waals surface area contributed by atoms with E-state index in [1.165, 1.54) is 0 Å². The summed E-state index contributed by atoms with van der Waals surface area (Å²) in [5.74, 6) is -2.70. The van der Waals surface area contributed by atoms with Crippen molar-refractivity contribution in [3.63, 3.8) is 0 Å². The number of carbonyl (C=O) groups is 2. The van der Waals surface area contributed by atoms with Gasteiger partial charge in [-0.15, -0.1) is 0 Å². The van der Waals surface area contributed by atoms with Gasteiger partial charge in [-0.25, -0.2) is 4.98 Å². The fourth-order valence-corrected chi connectivity index (χ4v) is 1.64. The molecular weight excluding hydrogens is 301 g/mol. The van der Waals surface area contributed by atoms with Crippen molar-refractivity contribution in [3.05, 3.63) is 30.2 Å². The number of fused-ring (bicyclic) bond motifs is 1. The molecule has 5 nitrogen and oxygen atoms in total. The molecule has 0 saturated carbocycles. The quantitative estimate of drug-likeness (QED) is 0.746. The van der Waals surface area contributed by atoms with Gasteiger partial charge in [-0.05, 0) is 12.1 Å². The number of carbonyl (C=O) groups excluding carboxylic acids is 2. The molecule has 1 radical (unpaired) electrons. The zero-order chi connectivity index (χ0) is 12.4. The first-order valence-electron chi connectivity index (χ1n) is 4.84. The molecule has 0 saturated heterocycles. The summed E-state index contributed by atoms with van der Waals surface area (Å²) in [5.41, 5.74) is 0.996. The molecule has 0 aliphatic carbocycles. The summed E-state index contributed by atoms with van der Waals surface area (Å²) in [4.78, 5) is 25.7. The van der Waals surface area contributed by atoms with Crippen molar-refractivity contribution in [2.45, 2.75) is 12.3 Å². The maximum Gasteiger partial charge on any atom is 2.00 e. The predicted molar refractivity (Wildman–Crippen MR) is 58.7 cm³/mol. The van der Waals surface area contributed by atoms with Gasteiger partial charge >= 0.3 is 16.8 Å². The van der Waals surface area contributed by atoms with Crippen LogP contribution < -0.4 is 5.11 Å². The van der Waals surface area contributed by atoms with Crippen LogP contribution in [0.5, 0.6) is 0 Å². The number of oxazole rings is 1. The van der Waals surface area contributed by atoms with Gasteiger partial charge in [-0.3, -0.25) is 0 Å². The minimum absolute atomic E-state index is 0. The van der Waals surface area contributed by atoms with Crippen LogP contribution in [0.15, 0.2) is 28.7 Å². The van der Waals surface area contributed by atoms with E-state index in [9.17, 15) is 14.7 Å². The van der Waals surface area contributed by atoms with Crippen molar-refractivity contribution in [2.24, 2.45) is 0 Å². The Kier molecular flexibility index (Phi) is 4.82. The molecule has 0 bridgehead atoms. The first-order valence-corrected chi connectivity index (χ1v) is 5.25. The van der Waals surface area contributed by atoms with Gasteiger partial charge < -0.3 is 31.7 Å². The number of hydrogen-bond donors (Lipinski definition) is 0. The molecule has 7 heteroatoms. The molecular formula is C11H7CoNO4S. The topological polar surface area (TPSA) is 83.2 Å². The smallest absolute Gasteiger partial charge is 0.742 e. The van der Waals surface area contributed by atoms with E-state index in [0.29, 0.717) is 11.1 Å². The van der Waals surface area contributed by atoms with E-state index in [1.807, 2.05) is 0 Å². The molecule has 2 rings (SSSR count). The summed E-state index contributed by atoms with van der Waals surface area (Å²) in [7, 11) is 0. The molecule has 1 atom stereocenters. The Bertz CT molecular complexity index is 550. The van der Waals surface area contributed by atoms with Gasteiger partial charge in [0.05, 0.1) is 11.9 Å². The third-order valence-corrected chi connectivity index (χ3v) is 2.43. The molecule has 1 aromatic heterocycles. The van der Waals surface area contributed by atoms with E-state index < -0.39 is 17.0 Å². The van der Waals surface area contributed by atoms with Gasteiger partial charge in [0.2, 0.25) is 5.89 Å². The number of aliphatic carboxylic acids is 1. The number of benzene rings is 1. The summed E-state index contributed by atoms with van der Waals surface area (Å²) in [5, 5.41) is 10.2. The Balaban J connectivity index is 0.00000162. The number of para-hydroxylation sites is 2. The molecule has 18 heavy (non-hydrogen) atoms. The Labute approximate surface area is 118 Å². The van der Waals surface area contributed by atoms with E-state index in [-0.39, 0.29) is 29.1 Å². The second-order valence-electron chi connectivity index (χ2n) is 3.47. The zero-order valence-corrected chi connectivity index (χ0v) is 10.8. The number of rotatable bonds is 4. The van der Waals surface area contributed by atoms with Crippen LogP contribution in [0.4, 0.5) is 0 Å². The fraction of sp³-hybridized carbons (Fsp3) is 0.182. The molecule has 1 unspecified atom stereocenters. The van der Waals surface area contributed by atoms with Crippen molar-refractivity contribution >= 4 is 34.8 Å². The van der Waals surface area contributed by atoms with Crippen molar-refractivity contribution < 1.29 is 35.9 Å². The van der Waals surface area contributed by atoms with Gasteiger partial charge in [0.15, 0.2) is 5.58 Å². The number of hydrogen-bond acceptors (Lipinski definition) is 6. The van der Waals surface area contributed by atoms with Gasteiger partial charge in [0.1, 0.15) is 5.52 Å². The minimum Gasteiger partial charge on any atom is -0.742 e. The summed E-state index contributed by atoms with van der Waals surface area (Å²) in [6.07, 6.45) is -0.357. The molecule has 2 aromatic rings. The SMILES string of the molecule is O=C([S-])CC(C(=O)[O-])c1nc2ccccc2o1.[Co+2]. The third-order valence-electron chi connectivity index (χ3n) is 2.26. The summed E-state index contributed by atoms with van der Waals surface area (Å²) in [6, 6.07) is 6.84. The average molecular weight is 308 g/mol. The van der Waals surface area contributed by atoms with Crippen molar-refractivity contribution in [2.75, 3.05) is 0 Å². The zero-order valence-electron chi connectivity index (χ0n) is 8.92. The standard InChI is InChI=1S/C11H9NO4S.Co/c13-9(17)5-6(11(14)15)10-12-7-3-1-2-4-8(7)16-10;/h1-4,6H,5H2,(H,13,17)(H,14,15);/q;+2/p-2. The summed E-state index contributed by atoms with van der Waals surface area (Å²) >= 11 is 4.36. The maximum atomic E-state index is 10.9. The van der Waals surface area contributed by atoms with Crippen LogP contribution in [0.25, 0.3) is 11.1 Å². The van der Waals surface area contributed by atoms with Crippen LogP contribution in [-0.4, -0.2) is 16.1 Å². The van der Waals surface area contributed by atoms with E-state index in [0.717, 1.165) is 0 Å². The van der Waals surface area contributed by atoms with Crippen molar-refractivity contribution in [1.29, 1.82) is 0 Å². The van der Waals surface area contributed by atoms with Crippen LogP contribution in [0.2, 0.25) is 0 Å². The third kappa shape index (κ3) is 3.06. The first-order chi connectivity index (χ1) is 8.08. The molecule has 0 amide bonds. The van der Waals surface area contributed by atoms with Crippen molar-refractivity contribution in [1.82, 2.24) is 4.98 Å². The monoisotopic (exact) mass is 308 g/mol. The summed E-state index contributed by atoms with van der Waals surface area (Å²) < 4.78 is 5.26. The molecule has 0 aliphatic rings. The second-order valence-corrected chi connectivity index (χ2v) is 3.92. The summed E-state index contributed by atoms with van der Waals surface area (Å²) in [6.45, 7) is 0. The molecule has 0 spiro atoms. The van der Waals surface area contributed by atoms with Gasteiger partial charge in [-0.1, -0.05) is 12.1 Å². The fourth-order valence-electron chi connectivity index (χ4n) is 1.48. The molecule has 1 aromatic carbocycles. The average Bonchev–Trinajstić information content (AvgIpc) is 2.68. The predicted octanol–water partition coefficient (Wildman–Crippen LogP) is 0.122. The van der Waals surface area contributed by atoms with Crippen LogP contribution in [0, 0.1) is 0 Å². The molecule has 0 aliphatic heterocycles. The van der Waals surface area contributed by atoms with Crippen molar-refractivity contribution in [3.8, 4) is 0 Å². The van der Waals surface area contributed by atoms with E-state index in [2.05, 4.69) is 17.6 Å². The number of carboxylic acid groups (broad SMARTS) is 1. The molecule has 0 N–H and O–H groups in total. The van der Waals surface area contributed by atoms with Crippen LogP contribution in [-0.2, 0) is 39.0 Å². The minimum atomic E-state index is -1.42. The van der Waals surface area contributed by atoms with E-state index >= 15 is 0 Å². The number of carboxylic acids is 1.